The predicted molar refractivity (Wildman–Crippen MR) is 177 cm³/mol. The van der Waals surface area contributed by atoms with Crippen molar-refractivity contribution in [1.82, 2.24) is 25.6 Å². The highest BCUT2D eigenvalue weighted by molar-refractivity contribution is 7.15. The van der Waals surface area contributed by atoms with Crippen LogP contribution < -0.4 is 9.64 Å². The van der Waals surface area contributed by atoms with Gasteiger partial charge < -0.3 is 9.64 Å². The fraction of sp³-hybridized carbons (Fsp3) is 0.500. The van der Waals surface area contributed by atoms with Crippen LogP contribution in [-0.4, -0.2) is 39.3 Å². The van der Waals surface area contributed by atoms with Gasteiger partial charge >= 0.3 is 0 Å². The Balaban J connectivity index is 1.08. The molecule has 7 rings (SSSR count). The third-order valence-corrected chi connectivity index (χ3v) is 11.6. The molecule has 0 amide bonds. The summed E-state index contributed by atoms with van der Waals surface area (Å²) in [6, 6.07) is 15.9. The fourth-order valence-electron chi connectivity index (χ4n) is 7.50. The van der Waals surface area contributed by atoms with Gasteiger partial charge in [-0.1, -0.05) is 36.1 Å². The van der Waals surface area contributed by atoms with Crippen LogP contribution in [0.4, 0.5) is 5.69 Å². The Hall–Kier alpha value is -3.52. The highest BCUT2D eigenvalue weighted by Crippen LogP contribution is 2.45. The van der Waals surface area contributed by atoms with Crippen molar-refractivity contribution in [2.45, 2.75) is 88.9 Å². The normalized spacial score (nSPS) is 23.8. The van der Waals surface area contributed by atoms with Gasteiger partial charge in [-0.2, -0.15) is 5.21 Å². The zero-order valence-electron chi connectivity index (χ0n) is 26.0. The summed E-state index contributed by atoms with van der Waals surface area (Å²) in [5, 5.41) is 16.3. The van der Waals surface area contributed by atoms with Crippen molar-refractivity contribution < 1.29 is 4.74 Å². The van der Waals surface area contributed by atoms with Crippen molar-refractivity contribution in [3.63, 3.8) is 0 Å². The first-order valence-electron chi connectivity index (χ1n) is 16.5. The van der Waals surface area contributed by atoms with E-state index < -0.39 is 0 Å². The number of benzene rings is 2. The number of allylic oxidation sites excluding steroid dienone is 1. The van der Waals surface area contributed by atoms with Crippen molar-refractivity contribution in [1.29, 1.82) is 0 Å². The molecule has 3 saturated carbocycles. The summed E-state index contributed by atoms with van der Waals surface area (Å²) in [6.07, 6.45) is 14.0. The topological polar surface area (TPSA) is 79.8 Å². The zero-order chi connectivity index (χ0) is 30.0. The molecule has 0 atom stereocenters. The molecule has 3 aliphatic carbocycles. The first kappa shape index (κ1) is 29.2. The molecule has 0 spiro atoms. The van der Waals surface area contributed by atoms with Crippen molar-refractivity contribution >= 4 is 17.0 Å². The number of nitrogens with one attached hydrogen (secondary N) is 1. The van der Waals surface area contributed by atoms with Crippen LogP contribution in [0, 0.1) is 18.8 Å². The van der Waals surface area contributed by atoms with E-state index in [1.165, 1.54) is 76.5 Å². The number of H-pyrrole nitrogens is 1. The summed E-state index contributed by atoms with van der Waals surface area (Å²) in [4.78, 5) is 8.62. The Bertz CT molecular complexity index is 1560. The lowest BCUT2D eigenvalue weighted by atomic mass is 9.77. The van der Waals surface area contributed by atoms with Crippen LogP contribution in [-0.2, 0) is 0 Å². The predicted octanol–water partition coefficient (Wildman–Crippen LogP) is 8.79. The first-order valence-corrected chi connectivity index (χ1v) is 17.3. The van der Waals surface area contributed by atoms with Gasteiger partial charge in [0.05, 0.1) is 17.0 Å². The Morgan fingerprint density at radius 3 is 2.43 bits per heavy atom. The molecule has 3 fully saturated rings. The van der Waals surface area contributed by atoms with Crippen molar-refractivity contribution in [3.8, 4) is 16.2 Å². The maximum atomic E-state index is 5.51. The average molecular weight is 609 g/mol. The van der Waals surface area contributed by atoms with E-state index in [2.05, 4.69) is 81.1 Å². The van der Waals surface area contributed by atoms with Crippen LogP contribution in [0.15, 0.2) is 60.9 Å². The van der Waals surface area contributed by atoms with Gasteiger partial charge in [0.1, 0.15) is 5.75 Å². The molecule has 2 heterocycles. The molecule has 0 radical (unpaired) electrons. The molecule has 0 unspecified atom stereocenters. The van der Waals surface area contributed by atoms with Crippen molar-refractivity contribution in [2.75, 3.05) is 18.6 Å². The van der Waals surface area contributed by atoms with Gasteiger partial charge in [-0.25, -0.2) is 4.98 Å². The van der Waals surface area contributed by atoms with Crippen LogP contribution in [0.5, 0.6) is 5.75 Å². The summed E-state index contributed by atoms with van der Waals surface area (Å²) in [5.41, 5.74) is 6.49. The lowest BCUT2D eigenvalue weighted by molar-refractivity contribution is 0.317. The number of thiazole rings is 1. The second-order valence-corrected chi connectivity index (χ2v) is 14.3. The van der Waals surface area contributed by atoms with Crippen LogP contribution in [0.1, 0.15) is 104 Å². The summed E-state index contributed by atoms with van der Waals surface area (Å²) < 4.78 is 5.51. The lowest BCUT2D eigenvalue weighted by Gasteiger charge is -2.39. The summed E-state index contributed by atoms with van der Waals surface area (Å²) >= 11 is 1.87. The SMILES string of the molecule is C=C(C1CCC(c2nn[nH]n2)CC1)N(CC1CCC(c2ccc(OC)c(C)c2)CC1)c1cccc(-c2cnc(C3CC3)s2)c1. The number of aryl methyl sites for hydroxylation is 1. The van der Waals surface area contributed by atoms with E-state index in [-0.39, 0.29) is 0 Å². The number of ether oxygens (including phenoxy) is 1. The molecule has 0 bridgehead atoms. The molecule has 230 valence electrons. The molecular weight excluding hydrogens is 565 g/mol. The molecule has 2 aromatic carbocycles. The van der Waals surface area contributed by atoms with Gasteiger partial charge in [-0.3, -0.25) is 0 Å². The Morgan fingerprint density at radius 1 is 0.955 bits per heavy atom. The summed E-state index contributed by atoms with van der Waals surface area (Å²) in [5.74, 6) is 4.65. The highest BCUT2D eigenvalue weighted by Gasteiger charge is 2.31. The Morgan fingerprint density at radius 2 is 1.73 bits per heavy atom. The van der Waals surface area contributed by atoms with E-state index in [1.807, 2.05) is 11.3 Å². The lowest BCUT2D eigenvalue weighted by Crippen LogP contribution is -2.34. The fourth-order valence-corrected chi connectivity index (χ4v) is 8.58. The average Bonchev–Trinajstić information content (AvgIpc) is 3.53. The van der Waals surface area contributed by atoms with Crippen molar-refractivity contribution in [2.24, 2.45) is 11.8 Å². The molecule has 1 N–H and O–H groups in total. The van der Waals surface area contributed by atoms with Gasteiger partial charge in [-0.15, -0.1) is 21.5 Å². The number of hydrogen-bond donors (Lipinski definition) is 1. The van der Waals surface area contributed by atoms with E-state index >= 15 is 0 Å². The number of aromatic amines is 1. The number of anilines is 1. The van der Waals surface area contributed by atoms with Gasteiger partial charge in [0.2, 0.25) is 0 Å². The number of tetrazole rings is 1. The molecule has 0 aliphatic heterocycles. The van der Waals surface area contributed by atoms with Gasteiger partial charge in [-0.05, 0) is 124 Å². The molecule has 8 heteroatoms. The van der Waals surface area contributed by atoms with E-state index in [0.29, 0.717) is 29.6 Å². The van der Waals surface area contributed by atoms with E-state index in [9.17, 15) is 0 Å². The molecule has 0 saturated heterocycles. The first-order chi connectivity index (χ1) is 21.6. The summed E-state index contributed by atoms with van der Waals surface area (Å²) in [7, 11) is 1.75. The Labute approximate surface area is 265 Å². The van der Waals surface area contributed by atoms with Crippen LogP contribution in [0.25, 0.3) is 10.4 Å². The number of methoxy groups -OCH3 is 1. The van der Waals surface area contributed by atoms with E-state index in [0.717, 1.165) is 43.8 Å². The quantitative estimate of drug-likeness (QED) is 0.194. The van der Waals surface area contributed by atoms with Crippen molar-refractivity contribution in [3.05, 3.63) is 82.9 Å². The third kappa shape index (κ3) is 6.32. The standard InChI is InChI=1S/C36H44N6OS/c1-23-19-30(17-18-33(23)43-3)27-9-7-25(8-10-27)22-42(24(2)26-11-13-28(14-12-26)35-38-40-41-39-35)32-6-4-5-31(20-32)34-21-37-36(44-34)29-15-16-29/h4-6,17-21,25-29H,2,7-16,22H2,1,3H3,(H,38,39,40,41). The maximum absolute atomic E-state index is 5.51. The second kappa shape index (κ2) is 12.8. The Kier molecular flexibility index (Phi) is 8.52. The number of aromatic nitrogens is 5. The van der Waals surface area contributed by atoms with Crippen LogP contribution >= 0.6 is 11.3 Å². The molecule has 3 aliphatic rings. The maximum Gasteiger partial charge on any atom is 0.177 e. The summed E-state index contributed by atoms with van der Waals surface area (Å²) in [6.45, 7) is 7.97. The number of nitrogens with zero attached hydrogens (tertiary/aromatic N) is 5. The van der Waals surface area contributed by atoms with Crippen LogP contribution in [0.2, 0.25) is 0 Å². The minimum atomic E-state index is 0.387. The third-order valence-electron chi connectivity index (χ3n) is 10.3. The monoisotopic (exact) mass is 608 g/mol. The molecule has 44 heavy (non-hydrogen) atoms. The second-order valence-electron chi connectivity index (χ2n) is 13.3. The van der Waals surface area contributed by atoms with Gasteiger partial charge in [0.25, 0.3) is 0 Å². The van der Waals surface area contributed by atoms with Gasteiger partial charge in [0, 0.05) is 36.0 Å². The largest absolute Gasteiger partial charge is 0.496 e. The minimum Gasteiger partial charge on any atom is -0.496 e. The molecular formula is C36H44N6OS. The smallest absolute Gasteiger partial charge is 0.177 e. The number of hydrogen-bond acceptors (Lipinski definition) is 7. The minimum absolute atomic E-state index is 0.387. The van der Waals surface area contributed by atoms with E-state index in [4.69, 9.17) is 16.3 Å². The molecule has 2 aromatic heterocycles. The number of rotatable bonds is 10. The zero-order valence-corrected chi connectivity index (χ0v) is 26.9. The highest BCUT2D eigenvalue weighted by atomic mass is 32.1. The van der Waals surface area contributed by atoms with Crippen LogP contribution in [0.3, 0.4) is 0 Å². The molecule has 7 nitrogen and oxygen atoms in total. The molecule has 4 aromatic rings. The van der Waals surface area contributed by atoms with Gasteiger partial charge in [0.15, 0.2) is 5.82 Å². The van der Waals surface area contributed by atoms with E-state index in [1.54, 1.807) is 7.11 Å².